The molecule has 0 saturated heterocycles. The molecule has 0 spiro atoms. The van der Waals surface area contributed by atoms with E-state index >= 15 is 0 Å². The van der Waals surface area contributed by atoms with E-state index in [2.05, 4.69) is 54.0 Å². The standard InChI is InChI=1S/C25H28BrNO2/c1-23(2)24(3)14-15-25(23,20(26)21(24)28)22(29)27(16-18-10-6-4-7-11-18)17-19-12-8-5-9-13-19/h4-13,20H,14-17H2,1-3H3/t20-,24-,25+/m1/s1. The first-order valence-corrected chi connectivity index (χ1v) is 11.2. The second kappa shape index (κ2) is 7.09. The van der Waals surface area contributed by atoms with Crippen LogP contribution >= 0.6 is 15.9 Å². The van der Waals surface area contributed by atoms with Crippen LogP contribution in [-0.4, -0.2) is 21.4 Å². The number of hydrogen-bond acceptors (Lipinski definition) is 2. The van der Waals surface area contributed by atoms with Crippen molar-refractivity contribution in [3.63, 3.8) is 0 Å². The molecule has 2 aliphatic rings. The summed E-state index contributed by atoms with van der Waals surface area (Å²) >= 11 is 3.67. The molecule has 0 unspecified atom stereocenters. The van der Waals surface area contributed by atoms with E-state index in [-0.39, 0.29) is 11.7 Å². The van der Waals surface area contributed by atoms with Crippen LogP contribution in [-0.2, 0) is 22.7 Å². The minimum absolute atomic E-state index is 0.0895. The van der Waals surface area contributed by atoms with E-state index in [0.29, 0.717) is 13.1 Å². The fraction of sp³-hybridized carbons (Fsp3) is 0.440. The number of fused-ring (bicyclic) bond motifs is 2. The highest BCUT2D eigenvalue weighted by molar-refractivity contribution is 9.10. The number of Topliss-reactive ketones (excluding diaryl/α,β-unsaturated/α-hetero) is 1. The molecule has 0 N–H and O–H groups in total. The number of alkyl halides is 1. The molecule has 1 amide bonds. The van der Waals surface area contributed by atoms with Crippen molar-refractivity contribution in [2.45, 2.75) is 51.5 Å². The Bertz CT molecular complexity index is 885. The van der Waals surface area contributed by atoms with Gasteiger partial charge in [0.25, 0.3) is 0 Å². The molecule has 0 aromatic heterocycles. The van der Waals surface area contributed by atoms with Gasteiger partial charge in [-0.3, -0.25) is 9.59 Å². The van der Waals surface area contributed by atoms with Crippen molar-refractivity contribution in [1.82, 2.24) is 4.90 Å². The molecule has 2 saturated carbocycles. The molecular weight excluding hydrogens is 426 g/mol. The fourth-order valence-corrected chi connectivity index (χ4v) is 7.02. The van der Waals surface area contributed by atoms with Gasteiger partial charge in [0, 0.05) is 18.5 Å². The van der Waals surface area contributed by atoms with Gasteiger partial charge in [-0.1, -0.05) is 97.4 Å². The van der Waals surface area contributed by atoms with Crippen LogP contribution in [0, 0.1) is 16.2 Å². The van der Waals surface area contributed by atoms with Gasteiger partial charge < -0.3 is 4.90 Å². The quantitative estimate of drug-likeness (QED) is 0.570. The van der Waals surface area contributed by atoms with E-state index in [1.54, 1.807) is 0 Å². The Morgan fingerprint density at radius 1 is 0.931 bits per heavy atom. The molecule has 2 aromatic rings. The first-order chi connectivity index (χ1) is 13.7. The summed E-state index contributed by atoms with van der Waals surface area (Å²) in [6.07, 6.45) is 1.52. The molecule has 0 aliphatic heterocycles. The number of amides is 1. The van der Waals surface area contributed by atoms with Crippen LogP contribution in [0.4, 0.5) is 0 Å². The van der Waals surface area contributed by atoms with Crippen LogP contribution in [0.25, 0.3) is 0 Å². The van der Waals surface area contributed by atoms with E-state index in [9.17, 15) is 9.59 Å². The second-order valence-electron chi connectivity index (χ2n) is 9.29. The van der Waals surface area contributed by atoms with Crippen molar-refractivity contribution in [2.24, 2.45) is 16.2 Å². The third kappa shape index (κ3) is 2.83. The Kier molecular flexibility index (Phi) is 4.97. The number of nitrogens with zero attached hydrogens (tertiary/aromatic N) is 1. The van der Waals surface area contributed by atoms with E-state index in [0.717, 1.165) is 24.0 Å². The van der Waals surface area contributed by atoms with Gasteiger partial charge in [0.1, 0.15) is 0 Å². The van der Waals surface area contributed by atoms with Crippen LogP contribution < -0.4 is 0 Å². The monoisotopic (exact) mass is 453 g/mol. The minimum atomic E-state index is -0.706. The summed E-state index contributed by atoms with van der Waals surface area (Å²) < 4.78 is 0. The van der Waals surface area contributed by atoms with Crippen molar-refractivity contribution in [1.29, 1.82) is 0 Å². The molecule has 29 heavy (non-hydrogen) atoms. The summed E-state index contributed by atoms with van der Waals surface area (Å²) in [5, 5.41) is 0. The average molecular weight is 454 g/mol. The van der Waals surface area contributed by atoms with E-state index in [1.165, 1.54) is 0 Å². The molecule has 2 bridgehead atoms. The maximum Gasteiger partial charge on any atom is 0.231 e. The number of ketones is 1. The van der Waals surface area contributed by atoms with E-state index in [1.807, 2.05) is 48.2 Å². The summed E-state index contributed by atoms with van der Waals surface area (Å²) in [5.74, 6) is 0.271. The fourth-order valence-electron chi connectivity index (χ4n) is 5.51. The van der Waals surface area contributed by atoms with Crippen molar-refractivity contribution in [3.05, 3.63) is 71.8 Å². The van der Waals surface area contributed by atoms with E-state index < -0.39 is 21.1 Å². The Morgan fingerprint density at radius 2 is 1.41 bits per heavy atom. The highest BCUT2D eigenvalue weighted by Gasteiger charge is 2.77. The maximum atomic E-state index is 14.2. The van der Waals surface area contributed by atoms with Crippen molar-refractivity contribution < 1.29 is 9.59 Å². The van der Waals surface area contributed by atoms with Gasteiger partial charge in [-0.2, -0.15) is 0 Å². The van der Waals surface area contributed by atoms with Gasteiger partial charge in [0.05, 0.1) is 10.2 Å². The minimum Gasteiger partial charge on any atom is -0.333 e. The normalized spacial score (nSPS) is 29.8. The highest BCUT2D eigenvalue weighted by atomic mass is 79.9. The van der Waals surface area contributed by atoms with Crippen LogP contribution in [0.5, 0.6) is 0 Å². The van der Waals surface area contributed by atoms with Gasteiger partial charge in [-0.15, -0.1) is 0 Å². The molecule has 0 heterocycles. The maximum absolute atomic E-state index is 14.2. The number of carbonyl (C=O) groups is 2. The first-order valence-electron chi connectivity index (χ1n) is 10.3. The van der Waals surface area contributed by atoms with Crippen LogP contribution in [0.3, 0.4) is 0 Å². The summed E-state index contributed by atoms with van der Waals surface area (Å²) in [6.45, 7) is 7.35. The van der Waals surface area contributed by atoms with Crippen molar-refractivity contribution >= 4 is 27.6 Å². The smallest absolute Gasteiger partial charge is 0.231 e. The Morgan fingerprint density at radius 3 is 1.83 bits per heavy atom. The van der Waals surface area contributed by atoms with Crippen LogP contribution in [0.1, 0.15) is 44.7 Å². The van der Waals surface area contributed by atoms with Crippen LogP contribution in [0.2, 0.25) is 0 Å². The molecule has 3 atom stereocenters. The van der Waals surface area contributed by atoms with Gasteiger partial charge >= 0.3 is 0 Å². The lowest BCUT2D eigenvalue weighted by molar-refractivity contribution is -0.148. The van der Waals surface area contributed by atoms with Gasteiger partial charge in [0.2, 0.25) is 5.91 Å². The number of carbonyl (C=O) groups excluding carboxylic acids is 2. The van der Waals surface area contributed by atoms with Gasteiger partial charge in [0.15, 0.2) is 5.78 Å². The number of hydrogen-bond donors (Lipinski definition) is 0. The topological polar surface area (TPSA) is 37.4 Å². The van der Waals surface area contributed by atoms with Crippen LogP contribution in [0.15, 0.2) is 60.7 Å². The van der Waals surface area contributed by atoms with Gasteiger partial charge in [-0.25, -0.2) is 0 Å². The Hall–Kier alpha value is -1.94. The molecule has 152 valence electrons. The highest BCUT2D eigenvalue weighted by Crippen LogP contribution is 2.72. The van der Waals surface area contributed by atoms with Crippen molar-refractivity contribution in [3.8, 4) is 0 Å². The zero-order valence-electron chi connectivity index (χ0n) is 17.3. The SMILES string of the molecule is CC1(C)[C@]2(C)CC[C@@]1(C(=O)N(Cc1ccccc1)Cc1ccccc1)[C@H](Br)C2=O. The zero-order valence-corrected chi connectivity index (χ0v) is 18.9. The number of halogens is 1. The average Bonchev–Trinajstić information content (AvgIpc) is 3.00. The molecule has 3 nitrogen and oxygen atoms in total. The predicted molar refractivity (Wildman–Crippen MR) is 118 cm³/mol. The lowest BCUT2D eigenvalue weighted by Gasteiger charge is -2.43. The zero-order chi connectivity index (χ0) is 20.9. The Balaban J connectivity index is 1.74. The van der Waals surface area contributed by atoms with Gasteiger partial charge in [-0.05, 0) is 29.4 Å². The second-order valence-corrected chi connectivity index (χ2v) is 10.2. The lowest BCUT2D eigenvalue weighted by Crippen LogP contribution is -2.52. The van der Waals surface area contributed by atoms with E-state index in [4.69, 9.17) is 0 Å². The largest absolute Gasteiger partial charge is 0.333 e. The first kappa shape index (κ1) is 20.3. The van der Waals surface area contributed by atoms with Crippen molar-refractivity contribution in [2.75, 3.05) is 0 Å². The molecule has 2 aliphatic carbocycles. The summed E-state index contributed by atoms with van der Waals surface area (Å²) in [7, 11) is 0. The molecule has 2 aromatic carbocycles. The molecule has 4 rings (SSSR count). The molecule has 4 heteroatoms. The summed E-state index contributed by atoms with van der Waals surface area (Å²) in [5.41, 5.74) is 0.641. The third-order valence-corrected chi connectivity index (χ3v) is 9.02. The Labute approximate surface area is 181 Å². The summed E-state index contributed by atoms with van der Waals surface area (Å²) in [6, 6.07) is 20.2. The number of rotatable bonds is 5. The summed E-state index contributed by atoms with van der Waals surface area (Å²) in [4.78, 5) is 28.9. The number of benzene rings is 2. The lowest BCUT2D eigenvalue weighted by atomic mass is 9.64. The molecule has 0 radical (unpaired) electrons. The third-order valence-electron chi connectivity index (χ3n) is 7.82. The molecular formula is C25H28BrNO2. The molecule has 2 fully saturated rings. The predicted octanol–water partition coefficient (Wildman–Crippen LogP) is 5.37.